The van der Waals surface area contributed by atoms with Crippen LogP contribution in [0.4, 0.5) is 11.4 Å². The van der Waals surface area contributed by atoms with Gasteiger partial charge in [-0.3, -0.25) is 19.7 Å². The topological polar surface area (TPSA) is 118 Å². The van der Waals surface area contributed by atoms with Crippen molar-refractivity contribution in [3.05, 3.63) is 79.4 Å². The van der Waals surface area contributed by atoms with Gasteiger partial charge >= 0.3 is 0 Å². The van der Waals surface area contributed by atoms with Crippen LogP contribution in [0.2, 0.25) is 0 Å². The minimum Gasteiger partial charge on any atom is -0.325 e. The Morgan fingerprint density at radius 1 is 1.14 bits per heavy atom. The molecule has 0 aliphatic heterocycles. The lowest BCUT2D eigenvalue weighted by Gasteiger charge is -2.07. The molecule has 0 atom stereocenters. The van der Waals surface area contributed by atoms with Gasteiger partial charge in [0.05, 0.1) is 21.0 Å². The smallest absolute Gasteiger partial charge is 0.283 e. The third-order valence-electron chi connectivity index (χ3n) is 5.92. The zero-order chi connectivity index (χ0) is 24.4. The summed E-state index contributed by atoms with van der Waals surface area (Å²) in [5.74, 6) is 0.0746. The largest absolute Gasteiger partial charge is 0.325 e. The molecule has 0 fully saturated rings. The number of nitrogens with one attached hydrogen (secondary N) is 2. The number of nitro benzene ring substituents is 1. The Labute approximate surface area is 209 Å². The highest BCUT2D eigenvalue weighted by molar-refractivity contribution is 8.00. The SMILES string of the molecule is O=C(CSc1ccc(-c2nc3sc4c(c3c(=O)[nH]2)CCCCC4)cc1[N+](=O)[O-])Nc1ccccc1. The fourth-order valence-corrected chi connectivity index (χ4v) is 6.34. The van der Waals surface area contributed by atoms with Crippen molar-refractivity contribution in [2.45, 2.75) is 37.0 Å². The van der Waals surface area contributed by atoms with E-state index < -0.39 is 4.92 Å². The number of nitrogens with zero attached hydrogens (tertiary/aromatic N) is 2. The van der Waals surface area contributed by atoms with Gasteiger partial charge in [0.15, 0.2) is 0 Å². The minimum absolute atomic E-state index is 0.0247. The Kier molecular flexibility index (Phi) is 6.65. The van der Waals surface area contributed by atoms with Crippen molar-refractivity contribution >= 4 is 50.6 Å². The lowest BCUT2D eigenvalue weighted by atomic mass is 10.1. The highest BCUT2D eigenvalue weighted by Crippen LogP contribution is 2.35. The summed E-state index contributed by atoms with van der Waals surface area (Å²) in [6, 6.07) is 13.7. The van der Waals surface area contributed by atoms with E-state index in [1.54, 1.807) is 35.6 Å². The average Bonchev–Trinajstić information content (AvgIpc) is 3.05. The molecule has 2 aromatic carbocycles. The van der Waals surface area contributed by atoms with E-state index in [0.29, 0.717) is 32.2 Å². The molecule has 8 nitrogen and oxygen atoms in total. The number of aryl methyl sites for hydroxylation is 2. The minimum atomic E-state index is -0.481. The number of aromatic nitrogens is 2. The van der Waals surface area contributed by atoms with E-state index in [1.165, 1.54) is 10.9 Å². The monoisotopic (exact) mass is 506 g/mol. The van der Waals surface area contributed by atoms with Crippen molar-refractivity contribution in [1.82, 2.24) is 9.97 Å². The molecule has 2 N–H and O–H groups in total. The van der Waals surface area contributed by atoms with Crippen LogP contribution in [-0.2, 0) is 17.6 Å². The molecule has 0 saturated heterocycles. The zero-order valence-corrected chi connectivity index (χ0v) is 20.3. The number of rotatable bonds is 6. The van der Waals surface area contributed by atoms with Crippen LogP contribution in [0.5, 0.6) is 0 Å². The number of nitro groups is 1. The number of H-pyrrole nitrogens is 1. The number of aromatic amines is 1. The number of carbonyl (C=O) groups excluding carboxylic acids is 1. The summed E-state index contributed by atoms with van der Waals surface area (Å²) in [6.45, 7) is 0. The second-order valence-corrected chi connectivity index (χ2v) is 10.4. The Morgan fingerprint density at radius 2 is 1.94 bits per heavy atom. The summed E-state index contributed by atoms with van der Waals surface area (Å²) in [4.78, 5) is 46.3. The Morgan fingerprint density at radius 3 is 2.74 bits per heavy atom. The number of fused-ring (bicyclic) bond motifs is 3. The number of benzene rings is 2. The van der Waals surface area contributed by atoms with Gasteiger partial charge in [-0.25, -0.2) is 4.98 Å². The number of amides is 1. The van der Waals surface area contributed by atoms with Gasteiger partial charge in [0.1, 0.15) is 10.7 Å². The van der Waals surface area contributed by atoms with Crippen LogP contribution in [0, 0.1) is 10.1 Å². The first-order valence-corrected chi connectivity index (χ1v) is 13.1. The molecule has 1 aliphatic carbocycles. The molecule has 178 valence electrons. The third kappa shape index (κ3) is 4.98. The molecule has 4 aromatic rings. The maximum atomic E-state index is 13.0. The molecule has 0 saturated carbocycles. The van der Waals surface area contributed by atoms with Crippen molar-refractivity contribution in [2.24, 2.45) is 0 Å². The van der Waals surface area contributed by atoms with E-state index >= 15 is 0 Å². The summed E-state index contributed by atoms with van der Waals surface area (Å²) in [5.41, 5.74) is 1.89. The number of anilines is 1. The molecule has 0 bridgehead atoms. The molecular formula is C25H22N4O4S2. The van der Waals surface area contributed by atoms with Crippen molar-refractivity contribution in [3.63, 3.8) is 0 Å². The molecular weight excluding hydrogens is 484 g/mol. The second-order valence-electron chi connectivity index (χ2n) is 8.30. The van der Waals surface area contributed by atoms with E-state index in [0.717, 1.165) is 49.4 Å². The van der Waals surface area contributed by atoms with E-state index in [1.807, 2.05) is 18.2 Å². The second kappa shape index (κ2) is 10.0. The Bertz CT molecular complexity index is 1480. The zero-order valence-electron chi connectivity index (χ0n) is 18.7. The average molecular weight is 507 g/mol. The van der Waals surface area contributed by atoms with E-state index in [-0.39, 0.29) is 22.9 Å². The van der Waals surface area contributed by atoms with Gasteiger partial charge in [-0.15, -0.1) is 23.1 Å². The fourth-order valence-electron chi connectivity index (χ4n) is 4.27. The number of carbonyl (C=O) groups is 1. The molecule has 1 aliphatic rings. The Hall–Kier alpha value is -3.50. The highest BCUT2D eigenvalue weighted by Gasteiger charge is 2.21. The number of hydrogen-bond acceptors (Lipinski definition) is 7. The number of hydrogen-bond donors (Lipinski definition) is 2. The van der Waals surface area contributed by atoms with Crippen molar-refractivity contribution in [2.75, 3.05) is 11.1 Å². The van der Waals surface area contributed by atoms with Crippen molar-refractivity contribution < 1.29 is 9.72 Å². The first-order chi connectivity index (χ1) is 17.0. The third-order valence-corrected chi connectivity index (χ3v) is 8.17. The van der Waals surface area contributed by atoms with Crippen LogP contribution in [0.3, 0.4) is 0 Å². The van der Waals surface area contributed by atoms with Gasteiger partial charge in [0.2, 0.25) is 5.91 Å². The predicted octanol–water partition coefficient (Wildman–Crippen LogP) is 5.56. The van der Waals surface area contributed by atoms with E-state index in [9.17, 15) is 19.7 Å². The summed E-state index contributed by atoms with van der Waals surface area (Å²) >= 11 is 2.64. The molecule has 0 spiro atoms. The van der Waals surface area contributed by atoms with Crippen LogP contribution in [-0.4, -0.2) is 26.6 Å². The van der Waals surface area contributed by atoms with Crippen LogP contribution in [0.15, 0.2) is 58.2 Å². The van der Waals surface area contributed by atoms with Crippen LogP contribution >= 0.6 is 23.1 Å². The van der Waals surface area contributed by atoms with Gasteiger partial charge in [-0.1, -0.05) is 24.6 Å². The van der Waals surface area contributed by atoms with Gasteiger partial charge in [-0.2, -0.15) is 0 Å². The molecule has 5 rings (SSSR count). The molecule has 0 radical (unpaired) electrons. The van der Waals surface area contributed by atoms with Crippen molar-refractivity contribution in [3.8, 4) is 11.4 Å². The fraction of sp³-hybridized carbons (Fsp3) is 0.240. The summed E-state index contributed by atoms with van der Waals surface area (Å²) in [7, 11) is 0. The van der Waals surface area contributed by atoms with Gasteiger partial charge < -0.3 is 10.3 Å². The lowest BCUT2D eigenvalue weighted by molar-refractivity contribution is -0.387. The van der Waals surface area contributed by atoms with Crippen LogP contribution < -0.4 is 10.9 Å². The molecule has 2 heterocycles. The molecule has 2 aromatic heterocycles. The normalized spacial score (nSPS) is 13.3. The molecule has 1 amide bonds. The first-order valence-electron chi connectivity index (χ1n) is 11.3. The van der Waals surface area contributed by atoms with Gasteiger partial charge in [-0.05, 0) is 55.5 Å². The van der Waals surface area contributed by atoms with Gasteiger partial charge in [0, 0.05) is 22.2 Å². The predicted molar refractivity (Wildman–Crippen MR) is 139 cm³/mol. The first kappa shape index (κ1) is 23.3. The van der Waals surface area contributed by atoms with Crippen LogP contribution in [0.1, 0.15) is 29.7 Å². The number of thiophene rings is 1. The molecule has 35 heavy (non-hydrogen) atoms. The number of para-hydroxylation sites is 1. The van der Waals surface area contributed by atoms with Crippen molar-refractivity contribution in [1.29, 1.82) is 0 Å². The standard InChI is InChI=1S/C25H22N4O4S2/c30-21(26-16-7-3-1-4-8-16)14-34-20-12-11-15(13-18(20)29(32)33)23-27-24(31)22-17-9-5-2-6-10-19(17)35-25(22)28-23/h1,3-4,7-8,11-13H,2,5-6,9-10,14H2,(H,26,30)(H,27,28,31). The molecule has 10 heteroatoms. The summed E-state index contributed by atoms with van der Waals surface area (Å²) < 4.78 is 0. The van der Waals surface area contributed by atoms with Crippen LogP contribution in [0.25, 0.3) is 21.6 Å². The van der Waals surface area contributed by atoms with Gasteiger partial charge in [0.25, 0.3) is 11.2 Å². The number of thioether (sulfide) groups is 1. The van der Waals surface area contributed by atoms with E-state index in [4.69, 9.17) is 0 Å². The lowest BCUT2D eigenvalue weighted by Crippen LogP contribution is -2.14. The quantitative estimate of drug-likeness (QED) is 0.153. The highest BCUT2D eigenvalue weighted by atomic mass is 32.2. The summed E-state index contributed by atoms with van der Waals surface area (Å²) in [6.07, 6.45) is 5.18. The van der Waals surface area contributed by atoms with E-state index in [2.05, 4.69) is 15.3 Å². The summed E-state index contributed by atoms with van der Waals surface area (Å²) in [5, 5.41) is 15.2. The Balaban J connectivity index is 1.41. The maximum absolute atomic E-state index is 13.0. The molecule has 0 unspecified atom stereocenters. The maximum Gasteiger partial charge on any atom is 0.283 e.